The second kappa shape index (κ2) is 13.8. The molecule has 0 heterocycles. The van der Waals surface area contributed by atoms with Gasteiger partial charge in [-0.2, -0.15) is 13.2 Å². The van der Waals surface area contributed by atoms with E-state index in [1.165, 1.54) is 12.1 Å². The van der Waals surface area contributed by atoms with Gasteiger partial charge in [-0.25, -0.2) is 4.99 Å². The van der Waals surface area contributed by atoms with E-state index in [0.717, 1.165) is 17.7 Å². The Bertz CT molecular complexity index is 874. The fraction of sp³-hybridized carbons (Fsp3) is 0.364. The first-order valence-corrected chi connectivity index (χ1v) is 9.98. The number of carbonyl (C=O) groups excluding carboxylic acids is 1. The molecule has 0 unspecified atom stereocenters. The highest BCUT2D eigenvalue weighted by Crippen LogP contribution is 2.29. The summed E-state index contributed by atoms with van der Waals surface area (Å²) in [6, 6.07) is 12.3. The van der Waals surface area contributed by atoms with Gasteiger partial charge in [0, 0.05) is 19.6 Å². The molecule has 176 valence electrons. The molecule has 0 saturated carbocycles. The van der Waals surface area contributed by atoms with Gasteiger partial charge in [0.2, 0.25) is 0 Å². The summed E-state index contributed by atoms with van der Waals surface area (Å²) in [5.74, 6) is 0.922. The van der Waals surface area contributed by atoms with Crippen LogP contribution in [0.3, 0.4) is 0 Å². The van der Waals surface area contributed by atoms with E-state index in [4.69, 9.17) is 4.74 Å². The molecule has 0 aliphatic rings. The molecule has 3 N–H and O–H groups in total. The molecule has 0 spiro atoms. The number of halogens is 4. The molecule has 0 fully saturated rings. The molecule has 10 heteroatoms. The second-order valence-corrected chi connectivity index (χ2v) is 6.63. The normalized spacial score (nSPS) is 11.3. The van der Waals surface area contributed by atoms with Gasteiger partial charge >= 0.3 is 6.18 Å². The number of amides is 1. The van der Waals surface area contributed by atoms with E-state index in [1.807, 2.05) is 32.0 Å². The number of hydrogen-bond donors (Lipinski definition) is 3. The third kappa shape index (κ3) is 9.75. The molecule has 2 rings (SSSR count). The SMILES string of the molecule is CCNC(=O)COc1cccc(CN=C(NCC)NCc2ccc(C(F)(F)F)cc2)c1.I. The summed E-state index contributed by atoms with van der Waals surface area (Å²) >= 11 is 0. The van der Waals surface area contributed by atoms with Crippen LogP contribution >= 0.6 is 24.0 Å². The largest absolute Gasteiger partial charge is 0.484 e. The summed E-state index contributed by atoms with van der Waals surface area (Å²) < 4.78 is 43.5. The number of alkyl halides is 3. The third-order valence-electron chi connectivity index (χ3n) is 4.15. The highest BCUT2D eigenvalue weighted by Gasteiger charge is 2.29. The van der Waals surface area contributed by atoms with Crippen molar-refractivity contribution in [2.24, 2.45) is 4.99 Å². The van der Waals surface area contributed by atoms with Gasteiger partial charge in [-0.1, -0.05) is 24.3 Å². The second-order valence-electron chi connectivity index (χ2n) is 6.63. The quantitative estimate of drug-likeness (QED) is 0.244. The molecule has 6 nitrogen and oxygen atoms in total. The number of carbonyl (C=O) groups is 1. The lowest BCUT2D eigenvalue weighted by Gasteiger charge is -2.12. The van der Waals surface area contributed by atoms with Crippen LogP contribution in [0.5, 0.6) is 5.75 Å². The van der Waals surface area contributed by atoms with Crippen molar-refractivity contribution in [3.05, 3.63) is 65.2 Å². The Morgan fingerprint density at radius 2 is 1.66 bits per heavy atom. The Labute approximate surface area is 203 Å². The van der Waals surface area contributed by atoms with Crippen molar-refractivity contribution in [2.75, 3.05) is 19.7 Å². The van der Waals surface area contributed by atoms with Crippen LogP contribution in [0, 0.1) is 0 Å². The van der Waals surface area contributed by atoms with Crippen LogP contribution in [-0.2, 0) is 24.1 Å². The molecule has 0 bridgehead atoms. The van der Waals surface area contributed by atoms with Crippen molar-refractivity contribution < 1.29 is 22.7 Å². The summed E-state index contributed by atoms with van der Waals surface area (Å²) in [6.45, 7) is 5.57. The third-order valence-corrected chi connectivity index (χ3v) is 4.15. The Morgan fingerprint density at radius 1 is 0.969 bits per heavy atom. The Hall–Kier alpha value is -2.50. The van der Waals surface area contributed by atoms with E-state index in [9.17, 15) is 18.0 Å². The molecular weight excluding hydrogens is 536 g/mol. The van der Waals surface area contributed by atoms with Crippen molar-refractivity contribution in [2.45, 2.75) is 33.1 Å². The molecule has 0 aromatic heterocycles. The van der Waals surface area contributed by atoms with E-state index >= 15 is 0 Å². The first-order valence-electron chi connectivity index (χ1n) is 9.98. The standard InChI is InChI=1S/C22H27F3N4O2.HI/c1-3-26-20(30)15-31-19-7-5-6-17(12-19)14-29-21(27-4-2)28-13-16-8-10-18(11-9-16)22(23,24)25;/h5-12H,3-4,13-15H2,1-2H3,(H,26,30)(H2,27,28,29);1H. The Balaban J connectivity index is 0.00000512. The average molecular weight is 564 g/mol. The molecule has 32 heavy (non-hydrogen) atoms. The minimum absolute atomic E-state index is 0. The number of likely N-dealkylation sites (N-methyl/N-ethyl adjacent to an activating group) is 1. The minimum Gasteiger partial charge on any atom is -0.484 e. The lowest BCUT2D eigenvalue weighted by atomic mass is 10.1. The number of hydrogen-bond acceptors (Lipinski definition) is 3. The molecule has 0 saturated heterocycles. The van der Waals surface area contributed by atoms with Gasteiger partial charge < -0.3 is 20.7 Å². The Kier molecular flexibility index (Phi) is 11.9. The lowest BCUT2D eigenvalue weighted by Crippen LogP contribution is -2.36. The maximum atomic E-state index is 12.7. The average Bonchev–Trinajstić information content (AvgIpc) is 2.74. The van der Waals surface area contributed by atoms with Crippen LogP contribution in [0.2, 0.25) is 0 Å². The summed E-state index contributed by atoms with van der Waals surface area (Å²) in [7, 11) is 0. The highest BCUT2D eigenvalue weighted by atomic mass is 127. The molecule has 2 aromatic carbocycles. The summed E-state index contributed by atoms with van der Waals surface area (Å²) in [6.07, 6.45) is -4.35. The zero-order valence-electron chi connectivity index (χ0n) is 18.0. The van der Waals surface area contributed by atoms with Gasteiger partial charge in [0.1, 0.15) is 5.75 Å². The molecule has 1 amide bonds. The first kappa shape index (κ1) is 27.5. The number of aliphatic imine (C=N–C) groups is 1. The van der Waals surface area contributed by atoms with E-state index in [2.05, 4.69) is 20.9 Å². The molecule has 0 radical (unpaired) electrons. The summed E-state index contributed by atoms with van der Waals surface area (Å²) in [4.78, 5) is 16.0. The van der Waals surface area contributed by atoms with Crippen LogP contribution in [0.4, 0.5) is 13.2 Å². The topological polar surface area (TPSA) is 74.8 Å². The number of nitrogens with one attached hydrogen (secondary N) is 3. The zero-order chi connectivity index (χ0) is 22.7. The summed E-state index contributed by atoms with van der Waals surface area (Å²) in [5.41, 5.74) is 0.922. The number of guanidine groups is 1. The number of rotatable bonds is 9. The maximum Gasteiger partial charge on any atom is 0.416 e. The zero-order valence-corrected chi connectivity index (χ0v) is 20.3. The van der Waals surface area contributed by atoms with Crippen LogP contribution in [0.15, 0.2) is 53.5 Å². The maximum absolute atomic E-state index is 12.7. The van der Waals surface area contributed by atoms with Gasteiger partial charge in [-0.3, -0.25) is 4.79 Å². The van der Waals surface area contributed by atoms with Gasteiger partial charge in [0.25, 0.3) is 5.91 Å². The van der Waals surface area contributed by atoms with Crippen LogP contribution in [-0.4, -0.2) is 31.6 Å². The summed E-state index contributed by atoms with van der Waals surface area (Å²) in [5, 5.41) is 8.87. The highest BCUT2D eigenvalue weighted by molar-refractivity contribution is 14.0. The van der Waals surface area contributed by atoms with Crippen LogP contribution in [0.25, 0.3) is 0 Å². The predicted octanol–water partition coefficient (Wildman–Crippen LogP) is 4.09. The lowest BCUT2D eigenvalue weighted by molar-refractivity contribution is -0.137. The number of ether oxygens (including phenoxy) is 1. The van der Waals surface area contributed by atoms with Crippen LogP contribution in [0.1, 0.15) is 30.5 Å². The fourth-order valence-corrected chi connectivity index (χ4v) is 2.64. The van der Waals surface area contributed by atoms with Crippen molar-refractivity contribution in [1.29, 1.82) is 0 Å². The fourth-order valence-electron chi connectivity index (χ4n) is 2.64. The monoisotopic (exact) mass is 564 g/mol. The van der Waals surface area contributed by atoms with Gasteiger partial charge in [-0.15, -0.1) is 24.0 Å². The van der Waals surface area contributed by atoms with E-state index in [-0.39, 0.29) is 36.5 Å². The molecule has 0 aliphatic carbocycles. The van der Waals surface area contributed by atoms with E-state index in [1.54, 1.807) is 6.07 Å². The van der Waals surface area contributed by atoms with Gasteiger partial charge in [0.15, 0.2) is 12.6 Å². The molecule has 0 aliphatic heterocycles. The van der Waals surface area contributed by atoms with E-state index < -0.39 is 11.7 Å². The van der Waals surface area contributed by atoms with Crippen molar-refractivity contribution in [3.63, 3.8) is 0 Å². The minimum atomic E-state index is -4.35. The predicted molar refractivity (Wildman–Crippen MR) is 129 cm³/mol. The Morgan fingerprint density at radius 3 is 2.28 bits per heavy atom. The number of benzene rings is 2. The van der Waals surface area contributed by atoms with Gasteiger partial charge in [-0.05, 0) is 49.2 Å². The molecule has 2 aromatic rings. The van der Waals surface area contributed by atoms with Crippen molar-refractivity contribution >= 4 is 35.8 Å². The molecule has 0 atom stereocenters. The number of nitrogens with zero attached hydrogens (tertiary/aromatic N) is 1. The van der Waals surface area contributed by atoms with Crippen LogP contribution < -0.4 is 20.7 Å². The van der Waals surface area contributed by atoms with Gasteiger partial charge in [0.05, 0.1) is 12.1 Å². The van der Waals surface area contributed by atoms with Crippen molar-refractivity contribution in [1.82, 2.24) is 16.0 Å². The van der Waals surface area contributed by atoms with E-state index in [0.29, 0.717) is 43.5 Å². The first-order chi connectivity index (χ1) is 14.8. The smallest absolute Gasteiger partial charge is 0.416 e. The van der Waals surface area contributed by atoms with Crippen molar-refractivity contribution in [3.8, 4) is 5.75 Å². The molecular formula is C22H28F3IN4O2.